The number of hydrogen-bond donors (Lipinski definition) is 1. The van der Waals surface area contributed by atoms with Crippen LogP contribution in [0.5, 0.6) is 0 Å². The number of carbonyl (C=O) groups is 1. The number of alkyl halides is 2. The Labute approximate surface area is 92.9 Å². The van der Waals surface area contributed by atoms with E-state index >= 15 is 0 Å². The van der Waals surface area contributed by atoms with Crippen LogP contribution in [0.3, 0.4) is 0 Å². The first-order valence-corrected chi connectivity index (χ1v) is 4.95. The van der Waals surface area contributed by atoms with Crippen LogP contribution in [-0.2, 0) is 16.6 Å². The normalized spacial score (nSPS) is 11.8. The van der Waals surface area contributed by atoms with E-state index < -0.39 is 17.8 Å². The van der Waals surface area contributed by atoms with Gasteiger partial charge in [-0.15, -0.1) is 0 Å². The monoisotopic (exact) mass is 228 g/mol. The molecule has 2 nitrogen and oxygen atoms in total. The zero-order chi connectivity index (χ0) is 12.3. The number of carboxylic acid groups (broad SMARTS) is 1. The minimum absolute atomic E-state index is 0.298. The van der Waals surface area contributed by atoms with Gasteiger partial charge < -0.3 is 5.11 Å². The maximum Gasteiger partial charge on any atom is 0.313 e. The maximum absolute atomic E-state index is 12.1. The zero-order valence-corrected chi connectivity index (χ0v) is 9.21. The molecule has 0 aliphatic rings. The van der Waals surface area contributed by atoms with Gasteiger partial charge in [0.2, 0.25) is 6.43 Å². The van der Waals surface area contributed by atoms with E-state index in [1.807, 2.05) is 0 Å². The molecule has 88 valence electrons. The molecule has 1 rings (SSSR count). The third kappa shape index (κ3) is 2.78. The molecule has 0 spiro atoms. The molecule has 0 aliphatic heterocycles. The Hall–Kier alpha value is -1.45. The largest absolute Gasteiger partial charge is 0.481 e. The van der Waals surface area contributed by atoms with Gasteiger partial charge in [0.25, 0.3) is 0 Å². The van der Waals surface area contributed by atoms with Gasteiger partial charge >= 0.3 is 5.97 Å². The predicted octanol–water partition coefficient (Wildman–Crippen LogP) is 2.86. The molecular weight excluding hydrogens is 214 g/mol. The van der Waals surface area contributed by atoms with Gasteiger partial charge in [0.1, 0.15) is 0 Å². The Bertz CT molecular complexity index is 369. The lowest BCUT2D eigenvalue weighted by Gasteiger charge is -2.19. The molecule has 0 amide bonds. The maximum atomic E-state index is 12.1. The third-order valence-electron chi connectivity index (χ3n) is 2.60. The molecule has 0 saturated heterocycles. The summed E-state index contributed by atoms with van der Waals surface area (Å²) in [5.41, 5.74) is 0.126. The molecule has 16 heavy (non-hydrogen) atoms. The first-order chi connectivity index (χ1) is 7.34. The van der Waals surface area contributed by atoms with Crippen LogP contribution in [0.25, 0.3) is 0 Å². The van der Waals surface area contributed by atoms with Crippen molar-refractivity contribution in [2.75, 3.05) is 0 Å². The Balaban J connectivity index is 2.91. The smallest absolute Gasteiger partial charge is 0.313 e. The predicted molar refractivity (Wildman–Crippen MR) is 56.8 cm³/mol. The van der Waals surface area contributed by atoms with Crippen molar-refractivity contribution in [2.24, 2.45) is 0 Å². The Morgan fingerprint density at radius 2 is 1.81 bits per heavy atom. The highest BCUT2D eigenvalue weighted by molar-refractivity contribution is 5.80. The van der Waals surface area contributed by atoms with E-state index in [0.717, 1.165) is 0 Å². The highest BCUT2D eigenvalue weighted by atomic mass is 19.3. The van der Waals surface area contributed by atoms with Crippen molar-refractivity contribution in [3.8, 4) is 0 Å². The summed E-state index contributed by atoms with van der Waals surface area (Å²) in [4.78, 5) is 11.0. The molecule has 0 unspecified atom stereocenters. The summed E-state index contributed by atoms with van der Waals surface area (Å²) < 4.78 is 24.2. The quantitative estimate of drug-likeness (QED) is 0.860. The minimum atomic E-state index is -2.38. The Morgan fingerprint density at radius 1 is 1.31 bits per heavy atom. The van der Waals surface area contributed by atoms with Crippen LogP contribution < -0.4 is 0 Å². The second-order valence-electron chi connectivity index (χ2n) is 4.22. The first kappa shape index (κ1) is 12.6. The first-order valence-electron chi connectivity index (χ1n) is 4.95. The van der Waals surface area contributed by atoms with Gasteiger partial charge in [-0.1, -0.05) is 24.3 Å². The van der Waals surface area contributed by atoms with Gasteiger partial charge in [-0.3, -0.25) is 4.79 Å². The van der Waals surface area contributed by atoms with E-state index in [-0.39, 0.29) is 6.42 Å². The van der Waals surface area contributed by atoms with Crippen molar-refractivity contribution in [1.29, 1.82) is 0 Å². The minimum Gasteiger partial charge on any atom is -0.481 e. The lowest BCUT2D eigenvalue weighted by molar-refractivity contribution is -0.142. The number of halogens is 2. The zero-order valence-electron chi connectivity index (χ0n) is 9.21. The number of benzene rings is 1. The van der Waals surface area contributed by atoms with Gasteiger partial charge in [0.15, 0.2) is 0 Å². The van der Waals surface area contributed by atoms with E-state index in [9.17, 15) is 13.6 Å². The second kappa shape index (κ2) is 4.60. The van der Waals surface area contributed by atoms with Crippen molar-refractivity contribution >= 4 is 5.97 Å². The van der Waals surface area contributed by atoms with Gasteiger partial charge in [-0.2, -0.15) is 0 Å². The molecule has 0 bridgehead atoms. The number of carboxylic acids is 1. The van der Waals surface area contributed by atoms with Crippen molar-refractivity contribution in [3.05, 3.63) is 35.4 Å². The molecule has 1 aromatic rings. The van der Waals surface area contributed by atoms with E-state index in [2.05, 4.69) is 0 Å². The van der Waals surface area contributed by atoms with Gasteiger partial charge in [0, 0.05) is 6.42 Å². The lowest BCUT2D eigenvalue weighted by atomic mass is 9.84. The molecule has 0 atom stereocenters. The van der Waals surface area contributed by atoms with E-state index in [0.29, 0.717) is 11.1 Å². The lowest BCUT2D eigenvalue weighted by Crippen LogP contribution is -2.28. The van der Waals surface area contributed by atoms with Gasteiger partial charge in [0.05, 0.1) is 5.41 Å². The highest BCUT2D eigenvalue weighted by Gasteiger charge is 2.29. The summed E-state index contributed by atoms with van der Waals surface area (Å²) in [5.74, 6) is -0.936. The number of aliphatic carboxylic acids is 1. The second-order valence-corrected chi connectivity index (χ2v) is 4.22. The van der Waals surface area contributed by atoms with Gasteiger partial charge in [-0.25, -0.2) is 8.78 Å². The molecule has 0 heterocycles. The standard InChI is InChI=1S/C12H14F2O2/c1-12(2,11(15)16)9-5-3-8(4-6-9)7-10(13)14/h3-6,10H,7H2,1-2H3,(H,15,16). The SMILES string of the molecule is CC(C)(C(=O)O)c1ccc(CC(F)F)cc1. The van der Waals surface area contributed by atoms with Crippen molar-refractivity contribution in [1.82, 2.24) is 0 Å². The van der Waals surface area contributed by atoms with Crippen LogP contribution in [0.2, 0.25) is 0 Å². The molecule has 1 N–H and O–H groups in total. The van der Waals surface area contributed by atoms with Crippen LogP contribution in [0.1, 0.15) is 25.0 Å². The summed E-state index contributed by atoms with van der Waals surface area (Å²) in [6.07, 6.45) is -2.67. The topological polar surface area (TPSA) is 37.3 Å². The highest BCUT2D eigenvalue weighted by Crippen LogP contribution is 2.24. The van der Waals surface area contributed by atoms with Crippen LogP contribution >= 0.6 is 0 Å². The average molecular weight is 228 g/mol. The molecule has 4 heteroatoms. The van der Waals surface area contributed by atoms with E-state index in [1.54, 1.807) is 38.1 Å². The average Bonchev–Trinajstić information content (AvgIpc) is 2.17. The fraction of sp³-hybridized carbons (Fsp3) is 0.417. The molecule has 0 aromatic heterocycles. The summed E-state index contributed by atoms with van der Waals surface area (Å²) >= 11 is 0. The van der Waals surface area contributed by atoms with E-state index in [1.165, 1.54) is 0 Å². The molecule has 0 radical (unpaired) electrons. The van der Waals surface area contributed by atoms with Crippen molar-refractivity contribution < 1.29 is 18.7 Å². The van der Waals surface area contributed by atoms with Crippen LogP contribution in [0.4, 0.5) is 8.78 Å². The third-order valence-corrected chi connectivity index (χ3v) is 2.60. The molecule has 0 fully saturated rings. The van der Waals surface area contributed by atoms with Crippen molar-refractivity contribution in [2.45, 2.75) is 32.1 Å². The summed E-state index contributed by atoms with van der Waals surface area (Å²) in [7, 11) is 0. The fourth-order valence-corrected chi connectivity index (χ4v) is 1.36. The van der Waals surface area contributed by atoms with E-state index in [4.69, 9.17) is 5.11 Å². The molecular formula is C12H14F2O2. The fourth-order valence-electron chi connectivity index (χ4n) is 1.36. The van der Waals surface area contributed by atoms with Crippen LogP contribution in [0.15, 0.2) is 24.3 Å². The van der Waals surface area contributed by atoms with Crippen LogP contribution in [-0.4, -0.2) is 17.5 Å². The molecule has 0 saturated carbocycles. The summed E-state index contributed by atoms with van der Waals surface area (Å²) in [6, 6.07) is 6.27. The number of hydrogen-bond acceptors (Lipinski definition) is 1. The Kier molecular flexibility index (Phi) is 3.62. The molecule has 0 aliphatic carbocycles. The summed E-state index contributed by atoms with van der Waals surface area (Å²) in [5, 5.41) is 8.99. The summed E-state index contributed by atoms with van der Waals surface area (Å²) in [6.45, 7) is 3.16. The van der Waals surface area contributed by atoms with Crippen LogP contribution in [0, 0.1) is 0 Å². The number of rotatable bonds is 4. The van der Waals surface area contributed by atoms with Crippen molar-refractivity contribution in [3.63, 3.8) is 0 Å². The Morgan fingerprint density at radius 3 is 2.19 bits per heavy atom. The molecule has 1 aromatic carbocycles. The van der Waals surface area contributed by atoms with Gasteiger partial charge in [-0.05, 0) is 25.0 Å².